The first kappa shape index (κ1) is 18.8. The second-order valence-electron chi connectivity index (χ2n) is 5.31. The molecule has 2 aromatic carbocycles. The van der Waals surface area contributed by atoms with E-state index in [4.69, 9.17) is 12.2 Å². The average Bonchev–Trinajstić information content (AvgIpc) is 2.84. The van der Waals surface area contributed by atoms with Crippen molar-refractivity contribution in [1.82, 2.24) is 5.32 Å². The molecule has 2 aromatic rings. The molecule has 0 radical (unpaired) electrons. The van der Waals surface area contributed by atoms with Crippen molar-refractivity contribution < 1.29 is 31.5 Å². The minimum absolute atomic E-state index is 0.0903. The lowest BCUT2D eigenvalue weighted by atomic mass is 10.1. The summed E-state index contributed by atoms with van der Waals surface area (Å²) < 4.78 is 67.9. The van der Waals surface area contributed by atoms with Gasteiger partial charge in [0, 0.05) is 5.56 Å². The third-order valence-corrected chi connectivity index (χ3v) is 3.78. The van der Waals surface area contributed by atoms with Gasteiger partial charge in [-0.2, -0.15) is 0 Å². The number of carbonyl (C=O) groups excluding carboxylic acids is 1. The second-order valence-corrected chi connectivity index (χ2v) is 5.69. The molecule has 0 aromatic heterocycles. The van der Waals surface area contributed by atoms with Crippen molar-refractivity contribution in [2.75, 3.05) is 4.90 Å². The zero-order valence-corrected chi connectivity index (χ0v) is 14.0. The largest absolute Gasteiger partial charge is 0.573 e. The van der Waals surface area contributed by atoms with Crippen molar-refractivity contribution in [1.29, 1.82) is 0 Å². The van der Waals surface area contributed by atoms with Crippen molar-refractivity contribution in [3.8, 4) is 5.75 Å². The van der Waals surface area contributed by atoms with Gasteiger partial charge < -0.3 is 10.1 Å². The fourth-order valence-corrected chi connectivity index (χ4v) is 2.66. The summed E-state index contributed by atoms with van der Waals surface area (Å²) in [6.45, 7) is 0. The van der Waals surface area contributed by atoms with Crippen LogP contribution in [-0.4, -0.2) is 17.4 Å². The van der Waals surface area contributed by atoms with E-state index >= 15 is 0 Å². The lowest BCUT2D eigenvalue weighted by Crippen LogP contribution is -2.30. The Morgan fingerprint density at radius 3 is 2.19 bits per heavy atom. The quantitative estimate of drug-likeness (QED) is 0.478. The number of halogens is 5. The topological polar surface area (TPSA) is 41.6 Å². The monoisotopic (exact) mass is 400 g/mol. The lowest BCUT2D eigenvalue weighted by Gasteiger charge is -2.15. The first-order valence-corrected chi connectivity index (χ1v) is 7.73. The molecule has 1 amide bonds. The van der Waals surface area contributed by atoms with E-state index in [0.717, 1.165) is 35.2 Å². The lowest BCUT2D eigenvalue weighted by molar-refractivity contribution is -0.274. The summed E-state index contributed by atoms with van der Waals surface area (Å²) in [5.41, 5.74) is -0.448. The molecule has 4 nitrogen and oxygen atoms in total. The fraction of sp³-hybridized carbons (Fsp3) is 0.0588. The maximum Gasteiger partial charge on any atom is 0.573 e. The molecule has 27 heavy (non-hydrogen) atoms. The number of benzene rings is 2. The number of hydrogen-bond donors (Lipinski definition) is 1. The van der Waals surface area contributed by atoms with Crippen LogP contribution in [0.2, 0.25) is 0 Å². The number of nitrogens with zero attached hydrogens (tertiary/aromatic N) is 1. The van der Waals surface area contributed by atoms with Crippen LogP contribution in [-0.2, 0) is 4.79 Å². The summed E-state index contributed by atoms with van der Waals surface area (Å²) in [5.74, 6) is -2.92. The fourth-order valence-electron chi connectivity index (χ4n) is 2.36. The van der Waals surface area contributed by atoms with Gasteiger partial charge in [-0.25, -0.2) is 8.78 Å². The molecule has 0 unspecified atom stereocenters. The number of ether oxygens (including phenoxy) is 1. The molecular weight excluding hydrogens is 391 g/mol. The van der Waals surface area contributed by atoms with Gasteiger partial charge in [0.2, 0.25) is 0 Å². The second kappa shape index (κ2) is 6.95. The van der Waals surface area contributed by atoms with Crippen LogP contribution in [0, 0.1) is 11.6 Å². The maximum atomic E-state index is 13.8. The van der Waals surface area contributed by atoms with Gasteiger partial charge in [-0.05, 0) is 54.7 Å². The smallest absolute Gasteiger partial charge is 0.406 e. The molecule has 1 aliphatic heterocycles. The van der Waals surface area contributed by atoms with Crippen LogP contribution in [0.1, 0.15) is 5.56 Å². The minimum atomic E-state index is -4.85. The summed E-state index contributed by atoms with van der Waals surface area (Å²) in [6, 6.07) is 7.65. The van der Waals surface area contributed by atoms with Gasteiger partial charge in [-0.3, -0.25) is 9.69 Å². The third kappa shape index (κ3) is 4.05. The first-order valence-electron chi connectivity index (χ1n) is 7.32. The summed E-state index contributed by atoms with van der Waals surface area (Å²) in [4.78, 5) is 13.5. The number of amides is 1. The number of carbonyl (C=O) groups is 1. The molecule has 1 saturated heterocycles. The average molecular weight is 400 g/mol. The van der Waals surface area contributed by atoms with Crippen molar-refractivity contribution in [3.63, 3.8) is 0 Å². The van der Waals surface area contributed by atoms with Gasteiger partial charge in [0.15, 0.2) is 5.11 Å². The molecule has 0 spiro atoms. The summed E-state index contributed by atoms with van der Waals surface area (Å²) in [7, 11) is 0. The molecule has 0 atom stereocenters. The van der Waals surface area contributed by atoms with Gasteiger partial charge in [0.05, 0.1) is 5.69 Å². The molecule has 1 aliphatic rings. The van der Waals surface area contributed by atoms with Crippen molar-refractivity contribution in [2.45, 2.75) is 6.36 Å². The van der Waals surface area contributed by atoms with E-state index in [-0.39, 0.29) is 16.5 Å². The molecule has 3 rings (SSSR count). The highest BCUT2D eigenvalue weighted by molar-refractivity contribution is 7.80. The Bertz CT molecular complexity index is 921. The molecule has 1 fully saturated rings. The molecular formula is C17H9F5N2O2S. The SMILES string of the molecule is O=C1/C(=C/c2c(F)cccc2F)NC(=S)N1c1ccc(OC(F)(F)F)cc1. The van der Waals surface area contributed by atoms with Gasteiger partial charge in [-0.15, -0.1) is 13.2 Å². The molecule has 1 heterocycles. The van der Waals surface area contributed by atoms with Crippen LogP contribution in [0.3, 0.4) is 0 Å². The van der Waals surface area contributed by atoms with Gasteiger partial charge >= 0.3 is 6.36 Å². The van der Waals surface area contributed by atoms with Gasteiger partial charge in [-0.1, -0.05) is 6.07 Å². The summed E-state index contributed by atoms with van der Waals surface area (Å²) in [5, 5.41) is 2.44. The molecule has 1 N–H and O–H groups in total. The predicted molar refractivity (Wildman–Crippen MR) is 90.7 cm³/mol. The Labute approximate surface area is 154 Å². The first-order chi connectivity index (χ1) is 12.7. The Morgan fingerprint density at radius 2 is 1.63 bits per heavy atom. The van der Waals surface area contributed by atoms with Crippen molar-refractivity contribution in [2.24, 2.45) is 0 Å². The molecule has 0 saturated carbocycles. The van der Waals surface area contributed by atoms with E-state index < -0.39 is 35.2 Å². The van der Waals surface area contributed by atoms with E-state index in [1.807, 2.05) is 0 Å². The highest BCUT2D eigenvalue weighted by Crippen LogP contribution is 2.28. The van der Waals surface area contributed by atoms with Crippen molar-refractivity contribution in [3.05, 3.63) is 65.4 Å². The maximum absolute atomic E-state index is 13.8. The highest BCUT2D eigenvalue weighted by Gasteiger charge is 2.33. The number of anilines is 1. The normalized spacial score (nSPS) is 16.0. The Balaban J connectivity index is 1.87. The van der Waals surface area contributed by atoms with E-state index in [0.29, 0.717) is 0 Å². The highest BCUT2D eigenvalue weighted by atomic mass is 32.1. The number of rotatable bonds is 3. The van der Waals surface area contributed by atoms with Crippen LogP contribution in [0.15, 0.2) is 48.2 Å². The number of alkyl halides is 3. The Morgan fingerprint density at radius 1 is 1.04 bits per heavy atom. The zero-order chi connectivity index (χ0) is 19.8. The van der Waals surface area contributed by atoms with Crippen LogP contribution < -0.4 is 15.0 Å². The van der Waals surface area contributed by atoms with Gasteiger partial charge in [0.1, 0.15) is 23.1 Å². The minimum Gasteiger partial charge on any atom is -0.406 e. The van der Waals surface area contributed by atoms with E-state index in [1.54, 1.807) is 0 Å². The number of hydrogen-bond acceptors (Lipinski definition) is 3. The zero-order valence-electron chi connectivity index (χ0n) is 13.2. The number of nitrogens with one attached hydrogen (secondary N) is 1. The molecule has 140 valence electrons. The van der Waals surface area contributed by atoms with Crippen LogP contribution in [0.25, 0.3) is 6.08 Å². The molecule has 10 heteroatoms. The third-order valence-electron chi connectivity index (χ3n) is 3.50. The Hall–Kier alpha value is -3.01. The van der Waals surface area contributed by atoms with E-state index in [1.165, 1.54) is 18.2 Å². The van der Waals surface area contributed by atoms with Crippen LogP contribution in [0.4, 0.5) is 27.6 Å². The van der Waals surface area contributed by atoms with E-state index in [9.17, 15) is 26.7 Å². The molecule has 0 aliphatic carbocycles. The van der Waals surface area contributed by atoms with E-state index in [2.05, 4.69) is 10.1 Å². The molecule has 0 bridgehead atoms. The van der Waals surface area contributed by atoms with Crippen LogP contribution >= 0.6 is 12.2 Å². The van der Waals surface area contributed by atoms with Gasteiger partial charge in [0.25, 0.3) is 5.91 Å². The summed E-state index contributed by atoms with van der Waals surface area (Å²) in [6.07, 6.45) is -3.87. The van der Waals surface area contributed by atoms with Crippen LogP contribution in [0.5, 0.6) is 5.75 Å². The summed E-state index contributed by atoms with van der Waals surface area (Å²) >= 11 is 5.03. The standard InChI is InChI=1S/C17H9F5N2O2S/c18-12-2-1-3-13(19)11(12)8-14-15(25)24(16(27)23-14)9-4-6-10(7-5-9)26-17(20,21)22/h1-8H,(H,23,27)/b14-8-. The predicted octanol–water partition coefficient (Wildman–Crippen LogP) is 4.13. The van der Waals surface area contributed by atoms with Crippen molar-refractivity contribution >= 4 is 35.0 Å². The number of thiocarbonyl (C=S) groups is 1. The Kier molecular flexibility index (Phi) is 4.83.